The van der Waals surface area contributed by atoms with Gasteiger partial charge in [-0.05, 0) is 49.2 Å². The summed E-state index contributed by atoms with van der Waals surface area (Å²) in [6, 6.07) is 12.0. The normalized spacial score (nSPS) is 15.2. The molecule has 0 bridgehead atoms. The quantitative estimate of drug-likeness (QED) is 0.778. The van der Waals surface area contributed by atoms with Gasteiger partial charge in [0.1, 0.15) is 0 Å². The monoisotopic (exact) mass is 397 g/mol. The molecule has 1 saturated heterocycles. The Morgan fingerprint density at radius 2 is 1.52 bits per heavy atom. The summed E-state index contributed by atoms with van der Waals surface area (Å²) in [5, 5.41) is 2.98. The SMILES string of the molecule is COc1cc(C)c(CN2CCN(CC(=O)Nc3ccc(C)cc3)CC2)cc1OC. The van der Waals surface area contributed by atoms with Gasteiger partial charge in [-0.1, -0.05) is 17.7 Å². The predicted octanol–water partition coefficient (Wildman–Crippen LogP) is 3.08. The molecule has 2 aromatic rings. The van der Waals surface area contributed by atoms with Crippen molar-refractivity contribution < 1.29 is 14.3 Å². The maximum absolute atomic E-state index is 12.3. The number of ether oxygens (including phenoxy) is 2. The van der Waals surface area contributed by atoms with Crippen molar-refractivity contribution in [2.24, 2.45) is 0 Å². The number of methoxy groups -OCH3 is 2. The average molecular weight is 398 g/mol. The lowest BCUT2D eigenvalue weighted by molar-refractivity contribution is -0.117. The molecule has 0 spiro atoms. The van der Waals surface area contributed by atoms with E-state index in [0.29, 0.717) is 6.54 Å². The fraction of sp³-hybridized carbons (Fsp3) is 0.435. The minimum atomic E-state index is 0.0399. The molecule has 1 fully saturated rings. The Balaban J connectivity index is 1.49. The first-order valence-electron chi connectivity index (χ1n) is 10.0. The molecule has 0 unspecified atom stereocenters. The summed E-state index contributed by atoms with van der Waals surface area (Å²) in [7, 11) is 3.32. The van der Waals surface area contributed by atoms with E-state index in [-0.39, 0.29) is 5.91 Å². The van der Waals surface area contributed by atoms with E-state index >= 15 is 0 Å². The van der Waals surface area contributed by atoms with Crippen molar-refractivity contribution >= 4 is 11.6 Å². The highest BCUT2D eigenvalue weighted by Crippen LogP contribution is 2.31. The molecule has 1 heterocycles. The molecule has 1 amide bonds. The van der Waals surface area contributed by atoms with E-state index in [2.05, 4.69) is 28.1 Å². The van der Waals surface area contributed by atoms with Gasteiger partial charge in [0.25, 0.3) is 0 Å². The highest BCUT2D eigenvalue weighted by molar-refractivity contribution is 5.92. The summed E-state index contributed by atoms with van der Waals surface area (Å²) in [5.41, 5.74) is 4.47. The Morgan fingerprint density at radius 3 is 2.14 bits per heavy atom. The summed E-state index contributed by atoms with van der Waals surface area (Å²) in [6.45, 7) is 9.07. The first kappa shape index (κ1) is 21.1. The van der Waals surface area contributed by atoms with Crippen LogP contribution in [0.5, 0.6) is 11.5 Å². The first-order valence-corrected chi connectivity index (χ1v) is 10.0. The largest absolute Gasteiger partial charge is 0.493 e. The van der Waals surface area contributed by atoms with Crippen LogP contribution in [0.4, 0.5) is 5.69 Å². The molecule has 29 heavy (non-hydrogen) atoms. The Hall–Kier alpha value is -2.57. The van der Waals surface area contributed by atoms with Gasteiger partial charge in [-0.3, -0.25) is 14.6 Å². The van der Waals surface area contributed by atoms with Gasteiger partial charge in [-0.15, -0.1) is 0 Å². The first-order chi connectivity index (χ1) is 14.0. The van der Waals surface area contributed by atoms with E-state index < -0.39 is 0 Å². The van der Waals surface area contributed by atoms with Crippen LogP contribution in [0.3, 0.4) is 0 Å². The van der Waals surface area contributed by atoms with E-state index in [1.54, 1.807) is 14.2 Å². The molecular formula is C23H31N3O3. The van der Waals surface area contributed by atoms with E-state index in [4.69, 9.17) is 9.47 Å². The maximum atomic E-state index is 12.3. The van der Waals surface area contributed by atoms with Crippen LogP contribution >= 0.6 is 0 Å². The van der Waals surface area contributed by atoms with Gasteiger partial charge in [0.15, 0.2) is 11.5 Å². The second-order valence-corrected chi connectivity index (χ2v) is 7.60. The van der Waals surface area contributed by atoms with Crippen LogP contribution in [-0.2, 0) is 11.3 Å². The zero-order chi connectivity index (χ0) is 20.8. The molecular weight excluding hydrogens is 366 g/mol. The third-order valence-electron chi connectivity index (χ3n) is 5.40. The smallest absolute Gasteiger partial charge is 0.238 e. The average Bonchev–Trinajstić information content (AvgIpc) is 2.72. The Bertz CT molecular complexity index is 828. The molecule has 6 heteroatoms. The zero-order valence-electron chi connectivity index (χ0n) is 17.8. The second kappa shape index (κ2) is 9.76. The number of anilines is 1. The minimum Gasteiger partial charge on any atom is -0.493 e. The van der Waals surface area contributed by atoms with Gasteiger partial charge >= 0.3 is 0 Å². The van der Waals surface area contributed by atoms with Gasteiger partial charge in [-0.2, -0.15) is 0 Å². The summed E-state index contributed by atoms with van der Waals surface area (Å²) < 4.78 is 10.8. The number of carbonyl (C=O) groups is 1. The van der Waals surface area contributed by atoms with Crippen molar-refractivity contribution in [1.29, 1.82) is 0 Å². The fourth-order valence-corrected chi connectivity index (χ4v) is 3.58. The number of benzene rings is 2. The van der Waals surface area contributed by atoms with Crippen molar-refractivity contribution in [3.8, 4) is 11.5 Å². The van der Waals surface area contributed by atoms with Crippen LogP contribution in [0.1, 0.15) is 16.7 Å². The van der Waals surface area contributed by atoms with Gasteiger partial charge in [0, 0.05) is 38.4 Å². The van der Waals surface area contributed by atoms with Crippen LogP contribution < -0.4 is 14.8 Å². The Labute approximate surface area is 173 Å². The Kier molecular flexibility index (Phi) is 7.12. The number of hydrogen-bond acceptors (Lipinski definition) is 5. The molecule has 0 aromatic heterocycles. The molecule has 6 nitrogen and oxygen atoms in total. The Morgan fingerprint density at radius 1 is 0.931 bits per heavy atom. The highest BCUT2D eigenvalue weighted by atomic mass is 16.5. The maximum Gasteiger partial charge on any atom is 0.238 e. The molecule has 2 aromatic carbocycles. The minimum absolute atomic E-state index is 0.0399. The van der Waals surface area contributed by atoms with Crippen LogP contribution in [0, 0.1) is 13.8 Å². The molecule has 1 aliphatic heterocycles. The lowest BCUT2D eigenvalue weighted by atomic mass is 10.1. The molecule has 0 aliphatic carbocycles. The summed E-state index contributed by atoms with van der Waals surface area (Å²) in [6.07, 6.45) is 0. The summed E-state index contributed by atoms with van der Waals surface area (Å²) in [4.78, 5) is 17.0. The van der Waals surface area contributed by atoms with Gasteiger partial charge in [0.05, 0.1) is 20.8 Å². The van der Waals surface area contributed by atoms with Gasteiger partial charge in [-0.25, -0.2) is 0 Å². The number of carbonyl (C=O) groups excluding carboxylic acids is 1. The molecule has 156 valence electrons. The fourth-order valence-electron chi connectivity index (χ4n) is 3.58. The third kappa shape index (κ3) is 5.71. The number of piperazine rings is 1. The number of rotatable bonds is 7. The van der Waals surface area contributed by atoms with Crippen molar-refractivity contribution in [2.45, 2.75) is 20.4 Å². The lowest BCUT2D eigenvalue weighted by Crippen LogP contribution is -2.48. The number of amides is 1. The van der Waals surface area contributed by atoms with Crippen LogP contribution in [0.15, 0.2) is 36.4 Å². The van der Waals surface area contributed by atoms with E-state index in [9.17, 15) is 4.79 Å². The molecule has 0 radical (unpaired) electrons. The number of nitrogens with zero attached hydrogens (tertiary/aromatic N) is 2. The van der Waals surface area contributed by atoms with Crippen LogP contribution in [0.2, 0.25) is 0 Å². The van der Waals surface area contributed by atoms with Crippen LogP contribution in [-0.4, -0.2) is 62.7 Å². The van der Waals surface area contributed by atoms with E-state index in [1.165, 1.54) is 16.7 Å². The standard InChI is InChI=1S/C23H31N3O3/c1-17-5-7-20(8-6-17)24-23(27)16-26-11-9-25(10-12-26)15-19-14-22(29-4)21(28-3)13-18(19)2/h5-8,13-14H,9-12,15-16H2,1-4H3,(H,24,27). The molecule has 0 saturated carbocycles. The van der Waals surface area contributed by atoms with Crippen molar-refractivity contribution in [2.75, 3.05) is 52.3 Å². The number of nitrogens with one attached hydrogen (secondary N) is 1. The number of hydrogen-bond donors (Lipinski definition) is 1. The molecule has 3 rings (SSSR count). The van der Waals surface area contributed by atoms with Crippen molar-refractivity contribution in [3.63, 3.8) is 0 Å². The summed E-state index contributed by atoms with van der Waals surface area (Å²) >= 11 is 0. The van der Waals surface area contributed by atoms with Crippen LogP contribution in [0.25, 0.3) is 0 Å². The molecule has 1 N–H and O–H groups in total. The van der Waals surface area contributed by atoms with Crippen molar-refractivity contribution in [1.82, 2.24) is 9.80 Å². The highest BCUT2D eigenvalue weighted by Gasteiger charge is 2.20. The summed E-state index contributed by atoms with van der Waals surface area (Å²) in [5.74, 6) is 1.57. The zero-order valence-corrected chi connectivity index (χ0v) is 17.8. The molecule has 1 aliphatic rings. The van der Waals surface area contributed by atoms with Gasteiger partial charge in [0.2, 0.25) is 5.91 Å². The van der Waals surface area contributed by atoms with E-state index in [1.807, 2.05) is 37.3 Å². The number of aryl methyl sites for hydroxylation is 2. The molecule has 0 atom stereocenters. The second-order valence-electron chi connectivity index (χ2n) is 7.60. The van der Waals surface area contributed by atoms with Crippen molar-refractivity contribution in [3.05, 3.63) is 53.1 Å². The predicted molar refractivity (Wildman–Crippen MR) is 116 cm³/mol. The van der Waals surface area contributed by atoms with Gasteiger partial charge < -0.3 is 14.8 Å². The topological polar surface area (TPSA) is 54.0 Å². The van der Waals surface area contributed by atoms with E-state index in [0.717, 1.165) is 49.9 Å². The third-order valence-corrected chi connectivity index (χ3v) is 5.40. The lowest BCUT2D eigenvalue weighted by Gasteiger charge is -2.34.